The van der Waals surface area contributed by atoms with Gasteiger partial charge in [-0.3, -0.25) is 39.1 Å². The Morgan fingerprint density at radius 2 is 1.57 bits per heavy atom. The summed E-state index contributed by atoms with van der Waals surface area (Å²) in [5, 5.41) is 14.5. The van der Waals surface area contributed by atoms with Crippen LogP contribution in [0.25, 0.3) is 4.85 Å². The lowest BCUT2D eigenvalue weighted by Gasteiger charge is -2.63. The number of ether oxygens (including phenoxy) is 1. The monoisotopic (exact) mass is 851 g/mol. The summed E-state index contributed by atoms with van der Waals surface area (Å²) in [6.45, 7) is 20.2. The second kappa shape index (κ2) is 15.1. The third kappa shape index (κ3) is 6.95. The van der Waals surface area contributed by atoms with Crippen LogP contribution in [0, 0.1) is 35.1 Å². The minimum absolute atomic E-state index is 0.0126. The molecule has 0 spiro atoms. The average molecular weight is 852 g/mol. The van der Waals surface area contributed by atoms with E-state index in [1.807, 2.05) is 11.0 Å². The fraction of sp³-hybridized carbons (Fsp3) is 0.500. The molecular formula is C44H47ClFN9O6. The van der Waals surface area contributed by atoms with Gasteiger partial charge in [0, 0.05) is 68.6 Å². The number of hydrogen-bond donors (Lipinski definition) is 2. The van der Waals surface area contributed by atoms with Crippen LogP contribution in [-0.4, -0.2) is 113 Å². The Hall–Kier alpha value is -5.66. The van der Waals surface area contributed by atoms with Crippen LogP contribution < -0.4 is 25.2 Å². The molecule has 5 aliphatic heterocycles. The van der Waals surface area contributed by atoms with E-state index in [4.69, 9.17) is 22.9 Å². The standard InChI is InChI=1S/C44H47ClFN9O6/c1-43(2)41(44(3,4)42(43)61-26-6-7-31(47-5)29(45)16-26)49-37(57)32-8-10-35(51-50-32)54-21-23-19-53(20-24(23)22-54)25-12-14-52(15-13-25)34-18-28-27(17-30(34)46)39(59)55(40(28)60)33-9-11-36(56)48-38(33)58/h6-8,10,16-18,23-25,33,41-42H,9,11-15,19-22H2,1-4H3,(H,49,57)(H,48,56,58). The van der Waals surface area contributed by atoms with Crippen LogP contribution in [0.1, 0.15) is 84.6 Å². The van der Waals surface area contributed by atoms with E-state index in [0.29, 0.717) is 47.4 Å². The van der Waals surface area contributed by atoms with Gasteiger partial charge in [-0.05, 0) is 67.5 Å². The molecule has 3 unspecified atom stereocenters. The maximum Gasteiger partial charge on any atom is 0.272 e. The summed E-state index contributed by atoms with van der Waals surface area (Å²) in [6.07, 6.45) is 1.46. The number of fused-ring (bicyclic) bond motifs is 2. The summed E-state index contributed by atoms with van der Waals surface area (Å²) in [6, 6.07) is 10.2. The van der Waals surface area contributed by atoms with Crippen LogP contribution in [0.3, 0.4) is 0 Å². The van der Waals surface area contributed by atoms with Gasteiger partial charge < -0.3 is 19.9 Å². The molecule has 6 heterocycles. The number of benzene rings is 2. The topological polar surface area (TPSA) is 162 Å². The van der Waals surface area contributed by atoms with Crippen LogP contribution in [0.4, 0.5) is 21.6 Å². The van der Waals surface area contributed by atoms with Gasteiger partial charge in [0.25, 0.3) is 17.7 Å². The number of aromatic nitrogens is 2. The second-order valence-electron chi connectivity index (χ2n) is 18.4. The van der Waals surface area contributed by atoms with Crippen molar-refractivity contribution in [2.24, 2.45) is 22.7 Å². The molecule has 4 saturated heterocycles. The van der Waals surface area contributed by atoms with Crippen molar-refractivity contribution in [2.45, 2.75) is 77.6 Å². The molecule has 0 radical (unpaired) electrons. The van der Waals surface area contributed by atoms with Gasteiger partial charge >= 0.3 is 0 Å². The first kappa shape index (κ1) is 40.7. The molecule has 0 bridgehead atoms. The van der Waals surface area contributed by atoms with E-state index in [2.05, 4.69) is 63.2 Å². The summed E-state index contributed by atoms with van der Waals surface area (Å²) < 4.78 is 21.9. The van der Waals surface area contributed by atoms with E-state index >= 15 is 4.39 Å². The van der Waals surface area contributed by atoms with Crippen molar-refractivity contribution < 1.29 is 33.1 Å². The van der Waals surface area contributed by atoms with Gasteiger partial charge in [-0.15, -0.1) is 10.2 Å². The third-order valence-electron chi connectivity index (χ3n) is 14.0. The van der Waals surface area contributed by atoms with Crippen molar-refractivity contribution in [1.29, 1.82) is 0 Å². The molecule has 17 heteroatoms. The Balaban J connectivity index is 0.760. The van der Waals surface area contributed by atoms with Crippen LogP contribution in [-0.2, 0) is 9.59 Å². The third-order valence-corrected chi connectivity index (χ3v) is 14.3. The molecule has 61 heavy (non-hydrogen) atoms. The van der Waals surface area contributed by atoms with Gasteiger partial charge in [-0.1, -0.05) is 45.4 Å². The smallest absolute Gasteiger partial charge is 0.272 e. The molecule has 1 saturated carbocycles. The van der Waals surface area contributed by atoms with Crippen molar-refractivity contribution in [3.63, 3.8) is 0 Å². The van der Waals surface area contributed by atoms with Gasteiger partial charge in [0.05, 0.1) is 28.4 Å². The number of hydrogen-bond acceptors (Lipinski definition) is 11. The first-order chi connectivity index (χ1) is 29.0. The van der Waals surface area contributed by atoms with Gasteiger partial charge in [0.1, 0.15) is 23.7 Å². The van der Waals surface area contributed by atoms with Crippen LogP contribution in [0.5, 0.6) is 5.75 Å². The van der Waals surface area contributed by atoms with E-state index in [-0.39, 0.29) is 53.4 Å². The highest BCUT2D eigenvalue weighted by Gasteiger charge is 2.64. The van der Waals surface area contributed by atoms with Gasteiger partial charge in [-0.25, -0.2) is 9.24 Å². The molecule has 3 aromatic rings. The second-order valence-corrected chi connectivity index (χ2v) is 18.8. The van der Waals surface area contributed by atoms with Crippen LogP contribution in [0.2, 0.25) is 5.02 Å². The van der Waals surface area contributed by atoms with Crippen molar-refractivity contribution in [3.8, 4) is 5.75 Å². The number of anilines is 2. The SMILES string of the molecule is [C-]#[N+]c1ccc(OC2C(C)(C)C(NC(=O)c3ccc(N4CC5CN(C6CCN(c7cc8c(cc7F)C(=O)N(C7CCC(=O)NC7=O)C8=O)CC6)CC5C4)nn3)C2(C)C)cc1Cl. The molecule has 5 fully saturated rings. The minimum atomic E-state index is -1.11. The predicted octanol–water partition coefficient (Wildman–Crippen LogP) is 4.87. The van der Waals surface area contributed by atoms with Crippen LogP contribution in [0.15, 0.2) is 42.5 Å². The minimum Gasteiger partial charge on any atom is -0.489 e. The molecule has 3 atom stereocenters. The largest absolute Gasteiger partial charge is 0.489 e. The lowest BCUT2D eigenvalue weighted by molar-refractivity contribution is -0.164. The molecule has 318 valence electrons. The fourth-order valence-electron chi connectivity index (χ4n) is 11.1. The van der Waals surface area contributed by atoms with E-state index in [0.717, 1.165) is 55.8 Å². The maximum atomic E-state index is 15.5. The molecule has 1 aromatic heterocycles. The number of nitrogens with zero attached hydrogens (tertiary/aromatic N) is 7. The van der Waals surface area contributed by atoms with E-state index in [1.54, 1.807) is 24.3 Å². The summed E-state index contributed by atoms with van der Waals surface area (Å²) in [4.78, 5) is 75.1. The quantitative estimate of drug-likeness (QED) is 0.235. The Morgan fingerprint density at radius 1 is 0.902 bits per heavy atom. The van der Waals surface area contributed by atoms with Crippen molar-refractivity contribution in [2.75, 3.05) is 49.1 Å². The van der Waals surface area contributed by atoms with Gasteiger partial charge in [0.2, 0.25) is 17.5 Å². The zero-order valence-corrected chi connectivity index (χ0v) is 35.2. The number of likely N-dealkylation sites (tertiary alicyclic amines) is 1. The lowest BCUT2D eigenvalue weighted by atomic mass is 9.49. The van der Waals surface area contributed by atoms with E-state index < -0.39 is 46.3 Å². The Labute approximate surface area is 357 Å². The number of halogens is 2. The normalized spacial score (nSPS) is 27.0. The molecule has 15 nitrogen and oxygen atoms in total. The number of imide groups is 2. The zero-order valence-electron chi connectivity index (χ0n) is 34.4. The highest BCUT2D eigenvalue weighted by atomic mass is 35.5. The fourth-order valence-corrected chi connectivity index (χ4v) is 11.3. The highest BCUT2D eigenvalue weighted by Crippen LogP contribution is 2.56. The Kier molecular flexibility index (Phi) is 10.1. The summed E-state index contributed by atoms with van der Waals surface area (Å²) in [7, 11) is 0. The number of carbonyl (C=O) groups excluding carboxylic acids is 5. The Morgan fingerprint density at radius 3 is 2.18 bits per heavy atom. The molecule has 2 aromatic carbocycles. The first-order valence-corrected chi connectivity index (χ1v) is 21.2. The summed E-state index contributed by atoms with van der Waals surface area (Å²) in [5.74, 6) is -1.20. The zero-order chi connectivity index (χ0) is 43.1. The van der Waals surface area contributed by atoms with E-state index in [1.165, 1.54) is 6.07 Å². The molecular weight excluding hydrogens is 805 g/mol. The molecule has 6 aliphatic rings. The highest BCUT2D eigenvalue weighted by molar-refractivity contribution is 6.33. The number of amides is 5. The molecule has 1 aliphatic carbocycles. The molecule has 5 amide bonds. The number of carbonyl (C=O) groups is 5. The molecule has 2 N–H and O–H groups in total. The van der Waals surface area contributed by atoms with Gasteiger partial charge in [-0.2, -0.15) is 0 Å². The lowest BCUT2D eigenvalue weighted by Crippen LogP contribution is -2.74. The van der Waals surface area contributed by atoms with Crippen LogP contribution >= 0.6 is 11.6 Å². The predicted molar refractivity (Wildman–Crippen MR) is 222 cm³/mol. The average Bonchev–Trinajstić information content (AvgIpc) is 3.89. The first-order valence-electron chi connectivity index (χ1n) is 20.8. The van der Waals surface area contributed by atoms with Crippen molar-refractivity contribution >= 4 is 58.3 Å². The number of piperidine rings is 2. The van der Waals surface area contributed by atoms with Crippen molar-refractivity contribution in [3.05, 3.63) is 81.5 Å². The van der Waals surface area contributed by atoms with Crippen molar-refractivity contribution in [1.82, 2.24) is 30.6 Å². The Bertz CT molecular complexity index is 2370. The summed E-state index contributed by atoms with van der Waals surface area (Å²) >= 11 is 6.25. The molecule has 9 rings (SSSR count). The maximum absolute atomic E-state index is 15.5. The summed E-state index contributed by atoms with van der Waals surface area (Å²) in [5.41, 5.74) is 0.0584. The van der Waals surface area contributed by atoms with E-state index in [9.17, 15) is 24.0 Å². The number of nitrogens with one attached hydrogen (secondary N) is 2. The van der Waals surface area contributed by atoms with Gasteiger partial charge in [0.15, 0.2) is 11.5 Å². The number of rotatable bonds is 8.